The average Bonchev–Trinajstić information content (AvgIpc) is 3.05. The van der Waals surface area contributed by atoms with Gasteiger partial charge in [0, 0.05) is 18.7 Å². The van der Waals surface area contributed by atoms with E-state index in [0.29, 0.717) is 45.6 Å². The van der Waals surface area contributed by atoms with Gasteiger partial charge in [-0.05, 0) is 24.3 Å². The number of hydrogen-bond acceptors (Lipinski definition) is 6. The van der Waals surface area contributed by atoms with Crippen LogP contribution in [0.1, 0.15) is 11.1 Å². The normalized spacial score (nSPS) is 11.8. The van der Waals surface area contributed by atoms with Gasteiger partial charge in [0.25, 0.3) is 0 Å². The zero-order valence-electron chi connectivity index (χ0n) is 15.6. The Morgan fingerprint density at radius 2 is 1.90 bits per heavy atom. The number of alkyl halides is 3. The van der Waals surface area contributed by atoms with E-state index in [1.165, 1.54) is 25.3 Å². The summed E-state index contributed by atoms with van der Waals surface area (Å²) in [5, 5.41) is 3.25. The zero-order chi connectivity index (χ0) is 21.0. The van der Waals surface area contributed by atoms with Crippen molar-refractivity contribution >= 4 is 32.4 Å². The third-order valence-electron chi connectivity index (χ3n) is 3.98. The Kier molecular flexibility index (Phi) is 6.56. The summed E-state index contributed by atoms with van der Waals surface area (Å²) < 4.78 is 68.9. The monoisotopic (exact) mass is 430 g/mol. The molecule has 0 aliphatic carbocycles. The molecule has 0 fully saturated rings. The van der Waals surface area contributed by atoms with Crippen molar-refractivity contribution in [2.75, 3.05) is 32.8 Å². The first-order valence-corrected chi connectivity index (χ1v) is 9.31. The topological polar surface area (TPSA) is 52.6 Å². The Labute approximate surface area is 168 Å². The Balaban J connectivity index is 1.87. The molecule has 0 unspecified atom stereocenters. The van der Waals surface area contributed by atoms with Gasteiger partial charge in [0.15, 0.2) is 5.13 Å². The van der Waals surface area contributed by atoms with Crippen molar-refractivity contribution in [3.8, 4) is 5.75 Å². The Hall–Kier alpha value is -2.43. The van der Waals surface area contributed by atoms with E-state index < -0.39 is 17.6 Å². The van der Waals surface area contributed by atoms with Crippen LogP contribution >= 0.6 is 11.3 Å². The first-order valence-electron chi connectivity index (χ1n) is 8.49. The molecule has 0 saturated carbocycles. The summed E-state index contributed by atoms with van der Waals surface area (Å²) in [5.74, 6) is -0.154. The molecule has 3 rings (SSSR count). The van der Waals surface area contributed by atoms with Gasteiger partial charge in [-0.1, -0.05) is 11.3 Å². The summed E-state index contributed by atoms with van der Waals surface area (Å²) in [6.07, 6.45) is -4.44. The molecule has 1 N–H and O–H groups in total. The third-order valence-corrected chi connectivity index (χ3v) is 4.92. The molecule has 1 aromatic heterocycles. The van der Waals surface area contributed by atoms with Gasteiger partial charge in [0.1, 0.15) is 11.6 Å². The van der Waals surface area contributed by atoms with Crippen LogP contribution in [0.3, 0.4) is 0 Å². The Bertz CT molecular complexity index is 991. The lowest BCUT2D eigenvalue weighted by molar-refractivity contribution is -0.137. The second-order valence-corrected chi connectivity index (χ2v) is 7.05. The van der Waals surface area contributed by atoms with E-state index in [4.69, 9.17) is 14.2 Å². The van der Waals surface area contributed by atoms with Gasteiger partial charge < -0.3 is 19.5 Å². The molecule has 0 amide bonds. The van der Waals surface area contributed by atoms with Crippen molar-refractivity contribution in [3.63, 3.8) is 0 Å². The highest BCUT2D eigenvalue weighted by molar-refractivity contribution is 7.22. The summed E-state index contributed by atoms with van der Waals surface area (Å²) in [4.78, 5) is 4.27. The number of methoxy groups -OCH3 is 2. The van der Waals surface area contributed by atoms with Crippen LogP contribution in [0.15, 0.2) is 30.3 Å². The van der Waals surface area contributed by atoms with E-state index in [1.807, 2.05) is 0 Å². The van der Waals surface area contributed by atoms with E-state index >= 15 is 0 Å². The molecule has 1 heterocycles. The number of anilines is 2. The maximum atomic E-state index is 14.1. The lowest BCUT2D eigenvalue weighted by Crippen LogP contribution is -2.05. The van der Waals surface area contributed by atoms with Gasteiger partial charge in [-0.15, -0.1) is 0 Å². The predicted molar refractivity (Wildman–Crippen MR) is 102 cm³/mol. The van der Waals surface area contributed by atoms with E-state index in [9.17, 15) is 17.6 Å². The molecule has 5 nitrogen and oxygen atoms in total. The molecule has 29 heavy (non-hydrogen) atoms. The van der Waals surface area contributed by atoms with Crippen LogP contribution in [0.2, 0.25) is 0 Å². The van der Waals surface area contributed by atoms with E-state index in [1.54, 1.807) is 7.11 Å². The van der Waals surface area contributed by atoms with Gasteiger partial charge in [0.05, 0.1) is 48.4 Å². The predicted octanol–water partition coefficient (Wildman–Crippen LogP) is 5.37. The highest BCUT2D eigenvalue weighted by atomic mass is 32.1. The molecule has 0 atom stereocenters. The summed E-state index contributed by atoms with van der Waals surface area (Å²) >= 11 is 1.03. The number of benzene rings is 2. The first-order chi connectivity index (χ1) is 13.8. The van der Waals surface area contributed by atoms with Crippen molar-refractivity contribution in [1.29, 1.82) is 0 Å². The number of hydrogen-bond donors (Lipinski definition) is 1. The highest BCUT2D eigenvalue weighted by Crippen LogP contribution is 2.37. The van der Waals surface area contributed by atoms with Crippen molar-refractivity contribution in [3.05, 3.63) is 47.3 Å². The van der Waals surface area contributed by atoms with Crippen LogP contribution in [-0.2, 0) is 22.3 Å². The minimum atomic E-state index is -4.44. The quantitative estimate of drug-likeness (QED) is 0.385. The van der Waals surface area contributed by atoms with Gasteiger partial charge in [0.2, 0.25) is 0 Å². The molecule has 3 aromatic rings. The second kappa shape index (κ2) is 8.93. The number of ether oxygens (including phenoxy) is 3. The molecule has 0 aliphatic rings. The summed E-state index contributed by atoms with van der Waals surface area (Å²) in [6, 6.07) is 5.84. The lowest BCUT2D eigenvalue weighted by atomic mass is 10.1. The van der Waals surface area contributed by atoms with Crippen LogP contribution in [0, 0.1) is 5.82 Å². The Morgan fingerprint density at radius 1 is 1.10 bits per heavy atom. The average molecular weight is 430 g/mol. The molecule has 0 spiro atoms. The van der Waals surface area contributed by atoms with E-state index in [-0.39, 0.29) is 6.61 Å². The maximum Gasteiger partial charge on any atom is 0.416 e. The van der Waals surface area contributed by atoms with Gasteiger partial charge >= 0.3 is 6.18 Å². The van der Waals surface area contributed by atoms with E-state index in [0.717, 1.165) is 23.5 Å². The number of thiazole rings is 1. The number of halogens is 4. The zero-order valence-corrected chi connectivity index (χ0v) is 16.4. The van der Waals surface area contributed by atoms with Crippen molar-refractivity contribution < 1.29 is 31.8 Å². The fourth-order valence-corrected chi connectivity index (χ4v) is 3.60. The standard InChI is InChI=1S/C19H18F4N2O3S/c1-26-5-6-28-10-11-7-13(20)9-15(17(11)27-2)25-18-24-14-4-3-12(19(21,22)23)8-16(14)29-18/h3-4,7-9H,5-6,10H2,1-2H3,(H,24,25). The van der Waals surface area contributed by atoms with Gasteiger partial charge in [-0.3, -0.25) is 0 Å². The SMILES string of the molecule is COCCOCc1cc(F)cc(Nc2nc3ccc(C(F)(F)F)cc3s2)c1OC. The van der Waals surface area contributed by atoms with Crippen LogP contribution < -0.4 is 10.1 Å². The second-order valence-electron chi connectivity index (χ2n) is 6.02. The largest absolute Gasteiger partial charge is 0.494 e. The summed E-state index contributed by atoms with van der Waals surface area (Å²) in [5.41, 5.74) is 0.433. The molecule has 0 aliphatic heterocycles. The van der Waals surface area contributed by atoms with Crippen molar-refractivity contribution in [1.82, 2.24) is 4.98 Å². The molecule has 2 aromatic carbocycles. The van der Waals surface area contributed by atoms with Crippen molar-refractivity contribution in [2.45, 2.75) is 12.8 Å². The van der Waals surface area contributed by atoms with Crippen molar-refractivity contribution in [2.24, 2.45) is 0 Å². The summed E-state index contributed by atoms with van der Waals surface area (Å²) in [6.45, 7) is 0.834. The van der Waals surface area contributed by atoms with Crippen LogP contribution in [-0.4, -0.2) is 32.4 Å². The van der Waals surface area contributed by atoms with Crippen LogP contribution in [0.4, 0.5) is 28.4 Å². The molecule has 0 radical (unpaired) electrons. The fraction of sp³-hybridized carbons (Fsp3) is 0.316. The van der Waals surface area contributed by atoms with Gasteiger partial charge in [-0.25, -0.2) is 9.37 Å². The number of fused-ring (bicyclic) bond motifs is 1. The number of nitrogens with one attached hydrogen (secondary N) is 1. The fourth-order valence-electron chi connectivity index (χ4n) is 2.69. The Morgan fingerprint density at radius 3 is 2.59 bits per heavy atom. The number of nitrogens with zero attached hydrogens (tertiary/aromatic N) is 1. The minimum Gasteiger partial charge on any atom is -0.494 e. The molecule has 10 heteroatoms. The minimum absolute atomic E-state index is 0.105. The number of aromatic nitrogens is 1. The summed E-state index contributed by atoms with van der Waals surface area (Å²) in [7, 11) is 2.98. The van der Waals surface area contributed by atoms with E-state index in [2.05, 4.69) is 10.3 Å². The third kappa shape index (κ3) is 5.14. The molecule has 156 valence electrons. The molecular weight excluding hydrogens is 412 g/mol. The van der Waals surface area contributed by atoms with Crippen LogP contribution in [0.5, 0.6) is 5.75 Å². The maximum absolute atomic E-state index is 14.1. The van der Waals surface area contributed by atoms with Crippen LogP contribution in [0.25, 0.3) is 10.2 Å². The number of rotatable bonds is 8. The van der Waals surface area contributed by atoms with Gasteiger partial charge in [-0.2, -0.15) is 13.2 Å². The molecule has 0 bridgehead atoms. The lowest BCUT2D eigenvalue weighted by Gasteiger charge is -2.14. The first kappa shape index (κ1) is 21.3. The smallest absolute Gasteiger partial charge is 0.416 e. The highest BCUT2D eigenvalue weighted by Gasteiger charge is 2.30. The molecule has 0 saturated heterocycles. The molecular formula is C19H18F4N2O3S.